The molecular formula is C25H14F3NO3. The number of halogens is 3. The van der Waals surface area contributed by atoms with Gasteiger partial charge in [-0.2, -0.15) is 18.4 Å². The molecule has 32 heavy (non-hydrogen) atoms. The highest BCUT2D eigenvalue weighted by Crippen LogP contribution is 2.35. The Morgan fingerprint density at radius 3 is 1.91 bits per heavy atom. The minimum absolute atomic E-state index is 0.0870. The van der Waals surface area contributed by atoms with Crippen LogP contribution in [0.15, 0.2) is 84.3 Å². The van der Waals surface area contributed by atoms with Gasteiger partial charge in [-0.05, 0) is 52.6 Å². The van der Waals surface area contributed by atoms with E-state index in [4.69, 9.17) is 10.00 Å². The third kappa shape index (κ3) is 4.12. The predicted octanol–water partition coefficient (Wildman–Crippen LogP) is 6.11. The van der Waals surface area contributed by atoms with Gasteiger partial charge in [0, 0.05) is 0 Å². The van der Waals surface area contributed by atoms with Crippen LogP contribution in [0.5, 0.6) is 0 Å². The lowest BCUT2D eigenvalue weighted by Crippen LogP contribution is -2.05. The van der Waals surface area contributed by atoms with Crippen molar-refractivity contribution in [3.63, 3.8) is 0 Å². The van der Waals surface area contributed by atoms with Crippen molar-refractivity contribution in [1.82, 2.24) is 0 Å². The van der Waals surface area contributed by atoms with E-state index in [1.165, 1.54) is 6.08 Å². The first-order valence-corrected chi connectivity index (χ1v) is 9.42. The Balaban J connectivity index is 1.59. The summed E-state index contributed by atoms with van der Waals surface area (Å²) >= 11 is 0. The smallest absolute Gasteiger partial charge is 0.416 e. The molecule has 0 radical (unpaired) electrons. The van der Waals surface area contributed by atoms with Crippen LogP contribution in [0, 0.1) is 11.3 Å². The molecule has 0 unspecified atom stereocenters. The molecule has 0 aliphatic carbocycles. The van der Waals surface area contributed by atoms with Crippen LogP contribution in [0.2, 0.25) is 0 Å². The summed E-state index contributed by atoms with van der Waals surface area (Å²) in [5.41, 5.74) is 2.10. The van der Waals surface area contributed by atoms with Crippen molar-refractivity contribution in [2.45, 2.75) is 6.18 Å². The molecule has 0 saturated heterocycles. The lowest BCUT2D eigenvalue weighted by Gasteiger charge is -2.07. The molecule has 4 nitrogen and oxygen atoms in total. The van der Waals surface area contributed by atoms with Crippen LogP contribution in [0.4, 0.5) is 13.2 Å². The zero-order valence-electron chi connectivity index (χ0n) is 16.4. The fourth-order valence-electron chi connectivity index (χ4n) is 3.26. The highest BCUT2D eigenvalue weighted by Gasteiger charge is 2.33. The van der Waals surface area contributed by atoms with Crippen LogP contribution in [0.1, 0.15) is 22.3 Å². The van der Waals surface area contributed by atoms with Crippen LogP contribution >= 0.6 is 0 Å². The molecule has 1 heterocycles. The number of benzene rings is 3. The molecule has 3 aromatic rings. The Bertz CT molecular complexity index is 1280. The maximum atomic E-state index is 12.8. The summed E-state index contributed by atoms with van der Waals surface area (Å²) in [6.45, 7) is 0. The number of aliphatic hydroxyl groups is 1. The molecule has 0 amide bonds. The van der Waals surface area contributed by atoms with Crippen LogP contribution in [-0.4, -0.2) is 11.1 Å². The Hall–Kier alpha value is -4.31. The molecular weight excluding hydrogens is 419 g/mol. The van der Waals surface area contributed by atoms with Crippen molar-refractivity contribution in [1.29, 1.82) is 5.26 Å². The van der Waals surface area contributed by atoms with Crippen molar-refractivity contribution in [3.05, 3.63) is 107 Å². The number of carbonyl (C=O) groups excluding carboxylic acids is 1. The summed E-state index contributed by atoms with van der Waals surface area (Å²) in [4.78, 5) is 12.2. The van der Waals surface area contributed by atoms with Crippen molar-refractivity contribution < 1.29 is 27.8 Å². The van der Waals surface area contributed by atoms with E-state index in [0.717, 1.165) is 35.4 Å². The van der Waals surface area contributed by atoms with Crippen LogP contribution < -0.4 is 0 Å². The molecule has 158 valence electrons. The fourth-order valence-corrected chi connectivity index (χ4v) is 3.26. The van der Waals surface area contributed by atoms with Gasteiger partial charge in [-0.25, -0.2) is 4.79 Å². The summed E-state index contributed by atoms with van der Waals surface area (Å²) in [6.07, 6.45) is -3.03. The van der Waals surface area contributed by atoms with E-state index in [9.17, 15) is 23.1 Å². The SMILES string of the molecule is N#Cc1ccc(-c2ccc(C=C3OC(=O)C(c4ccc(C(F)(F)F)cc4)=C3O)cc2)cc1. The average Bonchev–Trinajstić information content (AvgIpc) is 3.06. The van der Waals surface area contributed by atoms with Gasteiger partial charge in [-0.3, -0.25) is 0 Å². The molecule has 1 aliphatic heterocycles. The van der Waals surface area contributed by atoms with Crippen LogP contribution in [0.25, 0.3) is 22.8 Å². The van der Waals surface area contributed by atoms with Crippen LogP contribution in [0.3, 0.4) is 0 Å². The van der Waals surface area contributed by atoms with Gasteiger partial charge < -0.3 is 9.84 Å². The number of cyclic esters (lactones) is 1. The van der Waals surface area contributed by atoms with E-state index in [2.05, 4.69) is 6.07 Å². The van der Waals surface area contributed by atoms with E-state index < -0.39 is 23.5 Å². The normalized spacial score (nSPS) is 15.1. The molecule has 0 bridgehead atoms. The van der Waals surface area contributed by atoms with E-state index in [0.29, 0.717) is 11.1 Å². The third-order valence-corrected chi connectivity index (χ3v) is 4.93. The van der Waals surface area contributed by atoms with Crippen molar-refractivity contribution >= 4 is 17.6 Å². The number of hydrogen-bond donors (Lipinski definition) is 1. The van der Waals surface area contributed by atoms with Crippen molar-refractivity contribution in [2.24, 2.45) is 0 Å². The molecule has 3 aromatic carbocycles. The van der Waals surface area contributed by atoms with Gasteiger partial charge in [0.25, 0.3) is 0 Å². The highest BCUT2D eigenvalue weighted by atomic mass is 19.4. The number of ether oxygens (including phenoxy) is 1. The molecule has 4 rings (SSSR count). The molecule has 7 heteroatoms. The first-order valence-electron chi connectivity index (χ1n) is 9.42. The molecule has 0 saturated carbocycles. The second-order valence-corrected chi connectivity index (χ2v) is 7.01. The van der Waals surface area contributed by atoms with Crippen LogP contribution in [-0.2, 0) is 15.7 Å². The van der Waals surface area contributed by atoms with Gasteiger partial charge in [-0.1, -0.05) is 48.5 Å². The summed E-state index contributed by atoms with van der Waals surface area (Å²) in [5, 5.41) is 19.3. The maximum Gasteiger partial charge on any atom is 0.416 e. The molecule has 0 atom stereocenters. The Morgan fingerprint density at radius 2 is 1.38 bits per heavy atom. The maximum absolute atomic E-state index is 12.8. The molecule has 0 spiro atoms. The minimum atomic E-state index is -4.50. The summed E-state index contributed by atoms with van der Waals surface area (Å²) < 4.78 is 43.4. The Labute approximate surface area is 181 Å². The Kier molecular flexibility index (Phi) is 5.29. The average molecular weight is 433 g/mol. The van der Waals surface area contributed by atoms with Gasteiger partial charge in [0.1, 0.15) is 5.57 Å². The van der Waals surface area contributed by atoms with Crippen molar-refractivity contribution in [2.75, 3.05) is 0 Å². The molecule has 0 aromatic heterocycles. The number of hydrogen-bond acceptors (Lipinski definition) is 4. The van der Waals surface area contributed by atoms with E-state index in [-0.39, 0.29) is 16.9 Å². The first kappa shape index (κ1) is 20.9. The summed E-state index contributed by atoms with van der Waals surface area (Å²) in [5.74, 6) is -1.37. The number of aliphatic hydroxyl groups excluding tert-OH is 1. The standard InChI is InChI=1S/C25H14F3NO3/c26-25(27,28)20-11-9-19(10-12-20)22-23(30)21(32-24(22)31)13-15-1-5-17(6-2-15)18-7-3-16(14-29)4-8-18/h1-13,30H. The number of alkyl halides is 3. The third-order valence-electron chi connectivity index (χ3n) is 4.93. The quantitative estimate of drug-likeness (QED) is 0.506. The van der Waals surface area contributed by atoms with Gasteiger partial charge in [-0.15, -0.1) is 0 Å². The van der Waals surface area contributed by atoms with Gasteiger partial charge in [0.15, 0.2) is 11.5 Å². The van der Waals surface area contributed by atoms with E-state index in [1.54, 1.807) is 24.3 Å². The molecule has 0 fully saturated rings. The van der Waals surface area contributed by atoms with Gasteiger partial charge in [0.2, 0.25) is 0 Å². The van der Waals surface area contributed by atoms with Gasteiger partial charge in [0.05, 0.1) is 17.2 Å². The largest absolute Gasteiger partial charge is 0.504 e. The topological polar surface area (TPSA) is 70.3 Å². The number of carbonyl (C=O) groups is 1. The zero-order chi connectivity index (χ0) is 22.9. The lowest BCUT2D eigenvalue weighted by molar-refractivity contribution is -0.137. The zero-order valence-corrected chi connectivity index (χ0v) is 16.4. The lowest BCUT2D eigenvalue weighted by atomic mass is 10.0. The van der Waals surface area contributed by atoms with E-state index in [1.807, 2.05) is 24.3 Å². The second-order valence-electron chi connectivity index (χ2n) is 7.01. The molecule has 1 aliphatic rings. The fraction of sp³-hybridized carbons (Fsp3) is 0.0400. The number of nitrogens with zero attached hydrogens (tertiary/aromatic N) is 1. The minimum Gasteiger partial charge on any atom is -0.504 e. The number of nitriles is 1. The summed E-state index contributed by atoms with van der Waals surface area (Å²) in [7, 11) is 0. The Morgan fingerprint density at radius 1 is 0.844 bits per heavy atom. The predicted molar refractivity (Wildman–Crippen MR) is 112 cm³/mol. The molecule has 1 N–H and O–H groups in total. The van der Waals surface area contributed by atoms with Crippen molar-refractivity contribution in [3.8, 4) is 17.2 Å². The number of esters is 1. The monoisotopic (exact) mass is 433 g/mol. The van der Waals surface area contributed by atoms with E-state index >= 15 is 0 Å². The highest BCUT2D eigenvalue weighted by molar-refractivity contribution is 6.20. The second kappa shape index (κ2) is 8.08. The summed E-state index contributed by atoms with van der Waals surface area (Å²) in [6, 6.07) is 20.3. The first-order chi connectivity index (χ1) is 15.3. The number of rotatable bonds is 3. The van der Waals surface area contributed by atoms with Gasteiger partial charge >= 0.3 is 12.1 Å².